The van der Waals surface area contributed by atoms with E-state index >= 15 is 0 Å². The van der Waals surface area contributed by atoms with Gasteiger partial charge in [0.25, 0.3) is 0 Å². The van der Waals surface area contributed by atoms with Gasteiger partial charge < -0.3 is 9.88 Å². The van der Waals surface area contributed by atoms with Crippen LogP contribution in [-0.2, 0) is 18.4 Å². The normalized spacial score (nSPS) is 12.2. The van der Waals surface area contributed by atoms with Gasteiger partial charge in [-0.1, -0.05) is 37.3 Å². The van der Waals surface area contributed by atoms with Crippen molar-refractivity contribution in [2.24, 2.45) is 7.05 Å². The molecule has 2 rings (SSSR count). The number of hydrogen-bond donors (Lipinski definition) is 1. The van der Waals surface area contributed by atoms with Crippen LogP contribution < -0.4 is 5.32 Å². The molecule has 3 heteroatoms. The molecule has 0 aliphatic carbocycles. The lowest BCUT2D eigenvalue weighted by Crippen LogP contribution is -2.29. The first-order chi connectivity index (χ1) is 9.63. The van der Waals surface area contributed by atoms with Gasteiger partial charge in [0.2, 0.25) is 5.91 Å². The maximum absolute atomic E-state index is 12.3. The minimum atomic E-state index is -0.0717. The topological polar surface area (TPSA) is 34.0 Å². The fraction of sp³-hybridized carbons (Fsp3) is 0.353. The fourth-order valence-electron chi connectivity index (χ4n) is 2.40. The molecule has 1 atom stereocenters. The predicted octanol–water partition coefficient (Wildman–Crippen LogP) is 3.14. The quantitative estimate of drug-likeness (QED) is 0.889. The van der Waals surface area contributed by atoms with E-state index in [2.05, 4.69) is 28.9 Å². The van der Waals surface area contributed by atoms with Crippen molar-refractivity contribution >= 4 is 5.91 Å². The third-order valence-electron chi connectivity index (χ3n) is 3.85. The zero-order chi connectivity index (χ0) is 14.5. The number of carbonyl (C=O) groups excluding carboxylic acids is 1. The molecule has 0 fully saturated rings. The summed E-state index contributed by atoms with van der Waals surface area (Å²) < 4.78 is 2.10. The van der Waals surface area contributed by atoms with Crippen molar-refractivity contribution in [3.8, 4) is 0 Å². The first kappa shape index (κ1) is 14.4. The highest BCUT2D eigenvalue weighted by Gasteiger charge is 2.18. The van der Waals surface area contributed by atoms with Crippen molar-refractivity contribution in [3.05, 3.63) is 59.4 Å². The highest BCUT2D eigenvalue weighted by atomic mass is 16.1. The highest BCUT2D eigenvalue weighted by Crippen LogP contribution is 2.19. The Balaban J connectivity index is 2.02. The van der Waals surface area contributed by atoms with Gasteiger partial charge in [-0.25, -0.2) is 0 Å². The van der Waals surface area contributed by atoms with Crippen molar-refractivity contribution in [1.29, 1.82) is 0 Å². The first-order valence-corrected chi connectivity index (χ1v) is 7.07. The van der Waals surface area contributed by atoms with Crippen LogP contribution in [0.2, 0.25) is 0 Å². The molecular formula is C17H22N2O. The second-order valence-electron chi connectivity index (χ2n) is 5.11. The minimum absolute atomic E-state index is 0.0717. The Morgan fingerprint density at radius 2 is 1.90 bits per heavy atom. The summed E-state index contributed by atoms with van der Waals surface area (Å²) in [4.78, 5) is 12.3. The highest BCUT2D eigenvalue weighted by molar-refractivity contribution is 5.83. The SMILES string of the molecule is CCC(C(=O)NCc1ccc(C)n1C)c1ccccc1. The Labute approximate surface area is 120 Å². The summed E-state index contributed by atoms with van der Waals surface area (Å²) >= 11 is 0. The smallest absolute Gasteiger partial charge is 0.227 e. The molecule has 2 aromatic rings. The van der Waals surface area contributed by atoms with Crippen LogP contribution in [0.15, 0.2) is 42.5 Å². The van der Waals surface area contributed by atoms with Gasteiger partial charge in [0.15, 0.2) is 0 Å². The van der Waals surface area contributed by atoms with Gasteiger partial charge >= 0.3 is 0 Å². The summed E-state index contributed by atoms with van der Waals surface area (Å²) in [6.07, 6.45) is 0.808. The van der Waals surface area contributed by atoms with E-state index in [9.17, 15) is 4.79 Å². The van der Waals surface area contributed by atoms with Gasteiger partial charge in [0, 0.05) is 18.4 Å². The lowest BCUT2D eigenvalue weighted by molar-refractivity contribution is -0.122. The third kappa shape index (κ3) is 3.10. The molecule has 0 aliphatic rings. The van der Waals surface area contributed by atoms with Crippen molar-refractivity contribution in [1.82, 2.24) is 9.88 Å². The summed E-state index contributed by atoms with van der Waals surface area (Å²) in [6, 6.07) is 14.1. The van der Waals surface area contributed by atoms with Gasteiger partial charge in [0.1, 0.15) is 0 Å². The Hall–Kier alpha value is -2.03. The van der Waals surface area contributed by atoms with Crippen molar-refractivity contribution in [3.63, 3.8) is 0 Å². The number of aromatic nitrogens is 1. The lowest BCUT2D eigenvalue weighted by atomic mass is 9.96. The van der Waals surface area contributed by atoms with E-state index < -0.39 is 0 Å². The molecule has 1 aromatic carbocycles. The Bertz CT molecular complexity index is 572. The summed E-state index contributed by atoms with van der Waals surface area (Å²) in [5.41, 5.74) is 3.40. The number of amides is 1. The second kappa shape index (κ2) is 6.42. The molecule has 1 N–H and O–H groups in total. The summed E-state index contributed by atoms with van der Waals surface area (Å²) in [5.74, 6) is 0.0233. The van der Waals surface area contributed by atoms with Gasteiger partial charge in [-0.05, 0) is 31.0 Å². The zero-order valence-electron chi connectivity index (χ0n) is 12.4. The molecule has 0 aliphatic heterocycles. The van der Waals surface area contributed by atoms with Crippen molar-refractivity contribution in [2.75, 3.05) is 0 Å². The molecule has 0 spiro atoms. The number of carbonyl (C=O) groups is 1. The average molecular weight is 270 g/mol. The average Bonchev–Trinajstić information content (AvgIpc) is 2.78. The molecule has 1 amide bonds. The molecule has 0 saturated heterocycles. The van der Waals surface area contributed by atoms with Gasteiger partial charge in [-0.2, -0.15) is 0 Å². The molecular weight excluding hydrogens is 248 g/mol. The molecule has 106 valence electrons. The molecule has 0 radical (unpaired) electrons. The first-order valence-electron chi connectivity index (χ1n) is 7.07. The molecule has 3 nitrogen and oxygen atoms in total. The summed E-state index contributed by atoms with van der Waals surface area (Å²) in [7, 11) is 2.02. The second-order valence-corrected chi connectivity index (χ2v) is 5.11. The summed E-state index contributed by atoms with van der Waals surface area (Å²) in [5, 5.41) is 3.04. The van der Waals surface area contributed by atoms with E-state index in [1.165, 1.54) is 5.69 Å². The number of rotatable bonds is 5. The molecule has 20 heavy (non-hydrogen) atoms. The van der Waals surface area contributed by atoms with Gasteiger partial charge in [0.05, 0.1) is 12.5 Å². The van der Waals surface area contributed by atoms with Crippen molar-refractivity contribution < 1.29 is 4.79 Å². The van der Waals surface area contributed by atoms with Crippen LogP contribution >= 0.6 is 0 Å². The maximum Gasteiger partial charge on any atom is 0.227 e. The molecule has 0 saturated carbocycles. The third-order valence-corrected chi connectivity index (χ3v) is 3.85. The standard InChI is InChI=1S/C17H22N2O/c1-4-16(14-8-6-5-7-9-14)17(20)18-12-15-11-10-13(2)19(15)3/h5-11,16H,4,12H2,1-3H3,(H,18,20). The van der Waals surface area contributed by atoms with E-state index in [-0.39, 0.29) is 11.8 Å². The van der Waals surface area contributed by atoms with Crippen LogP contribution in [-0.4, -0.2) is 10.5 Å². The Morgan fingerprint density at radius 3 is 2.45 bits per heavy atom. The number of nitrogens with one attached hydrogen (secondary N) is 1. The van der Waals surface area contributed by atoms with E-state index in [0.29, 0.717) is 6.54 Å². The largest absolute Gasteiger partial charge is 0.350 e. The number of nitrogens with zero attached hydrogens (tertiary/aromatic N) is 1. The van der Waals surface area contributed by atoms with Crippen LogP contribution in [0.4, 0.5) is 0 Å². The lowest BCUT2D eigenvalue weighted by Gasteiger charge is -2.15. The molecule has 0 bridgehead atoms. The zero-order valence-corrected chi connectivity index (χ0v) is 12.4. The Kier molecular flexibility index (Phi) is 4.61. The van der Waals surface area contributed by atoms with Crippen LogP contribution in [0.25, 0.3) is 0 Å². The summed E-state index contributed by atoms with van der Waals surface area (Å²) in [6.45, 7) is 4.68. The van der Waals surface area contributed by atoms with Crippen LogP contribution in [0.1, 0.15) is 36.2 Å². The van der Waals surface area contributed by atoms with Crippen LogP contribution in [0.5, 0.6) is 0 Å². The number of benzene rings is 1. The maximum atomic E-state index is 12.3. The van der Waals surface area contributed by atoms with Gasteiger partial charge in [-0.15, -0.1) is 0 Å². The number of aryl methyl sites for hydroxylation is 1. The van der Waals surface area contributed by atoms with Crippen molar-refractivity contribution in [2.45, 2.75) is 32.7 Å². The van der Waals surface area contributed by atoms with E-state index in [4.69, 9.17) is 0 Å². The van der Waals surface area contributed by atoms with E-state index in [1.807, 2.05) is 44.3 Å². The molecule has 1 aromatic heterocycles. The fourth-order valence-corrected chi connectivity index (χ4v) is 2.40. The van der Waals surface area contributed by atoms with Crippen LogP contribution in [0, 0.1) is 6.92 Å². The molecule has 1 heterocycles. The van der Waals surface area contributed by atoms with E-state index in [1.54, 1.807) is 0 Å². The van der Waals surface area contributed by atoms with Crippen LogP contribution in [0.3, 0.4) is 0 Å². The molecule has 1 unspecified atom stereocenters. The Morgan fingerprint density at radius 1 is 1.20 bits per heavy atom. The number of hydrogen-bond acceptors (Lipinski definition) is 1. The van der Waals surface area contributed by atoms with E-state index in [0.717, 1.165) is 17.7 Å². The monoisotopic (exact) mass is 270 g/mol. The minimum Gasteiger partial charge on any atom is -0.350 e. The van der Waals surface area contributed by atoms with Gasteiger partial charge in [-0.3, -0.25) is 4.79 Å². The predicted molar refractivity (Wildman–Crippen MR) is 81.5 cm³/mol.